The number of hydrogen-bond donors (Lipinski definition) is 1. The monoisotopic (exact) mass is 247 g/mol. The van der Waals surface area contributed by atoms with E-state index in [1.165, 1.54) is 30.6 Å². The van der Waals surface area contributed by atoms with Gasteiger partial charge in [-0.15, -0.1) is 0 Å². The maximum absolute atomic E-state index is 4.22. The SMILES string of the molecule is Cc1cncc(CNCC2CCN(C(C)C)C2)c1. The van der Waals surface area contributed by atoms with Gasteiger partial charge in [-0.3, -0.25) is 4.98 Å². The lowest BCUT2D eigenvalue weighted by molar-refractivity contribution is 0.264. The van der Waals surface area contributed by atoms with Crippen LogP contribution in [0.4, 0.5) is 0 Å². The van der Waals surface area contributed by atoms with Crippen LogP contribution in [0, 0.1) is 12.8 Å². The highest BCUT2D eigenvalue weighted by atomic mass is 15.2. The predicted molar refractivity (Wildman–Crippen MR) is 75.5 cm³/mol. The zero-order valence-corrected chi connectivity index (χ0v) is 11.8. The highest BCUT2D eigenvalue weighted by molar-refractivity contribution is 5.16. The smallest absolute Gasteiger partial charge is 0.0313 e. The van der Waals surface area contributed by atoms with Crippen LogP contribution < -0.4 is 5.32 Å². The van der Waals surface area contributed by atoms with Crippen LogP contribution in [0.25, 0.3) is 0 Å². The molecule has 2 heterocycles. The highest BCUT2D eigenvalue weighted by Gasteiger charge is 2.23. The van der Waals surface area contributed by atoms with Crippen molar-refractivity contribution in [2.75, 3.05) is 19.6 Å². The van der Waals surface area contributed by atoms with E-state index in [-0.39, 0.29) is 0 Å². The summed E-state index contributed by atoms with van der Waals surface area (Å²) in [6, 6.07) is 2.89. The molecular weight excluding hydrogens is 222 g/mol. The van der Waals surface area contributed by atoms with Gasteiger partial charge in [0, 0.05) is 31.5 Å². The molecular formula is C15H25N3. The van der Waals surface area contributed by atoms with E-state index < -0.39 is 0 Å². The van der Waals surface area contributed by atoms with Crippen molar-refractivity contribution < 1.29 is 0 Å². The van der Waals surface area contributed by atoms with E-state index in [0.29, 0.717) is 6.04 Å². The predicted octanol–water partition coefficient (Wildman–Crippen LogP) is 2.21. The van der Waals surface area contributed by atoms with Crippen LogP contribution in [0.3, 0.4) is 0 Å². The van der Waals surface area contributed by atoms with E-state index in [4.69, 9.17) is 0 Å². The van der Waals surface area contributed by atoms with Gasteiger partial charge >= 0.3 is 0 Å². The Morgan fingerprint density at radius 3 is 2.94 bits per heavy atom. The first kappa shape index (κ1) is 13.5. The molecule has 3 nitrogen and oxygen atoms in total. The Kier molecular flexibility index (Phi) is 4.72. The van der Waals surface area contributed by atoms with E-state index >= 15 is 0 Å². The first-order valence-corrected chi connectivity index (χ1v) is 7.00. The van der Waals surface area contributed by atoms with Gasteiger partial charge in [0.15, 0.2) is 0 Å². The van der Waals surface area contributed by atoms with Crippen LogP contribution in [0.2, 0.25) is 0 Å². The number of hydrogen-bond acceptors (Lipinski definition) is 3. The number of aromatic nitrogens is 1. The van der Waals surface area contributed by atoms with Gasteiger partial charge in [-0.2, -0.15) is 0 Å². The molecule has 1 aromatic heterocycles. The lowest BCUT2D eigenvalue weighted by Gasteiger charge is -2.20. The van der Waals surface area contributed by atoms with Crippen LogP contribution in [0.5, 0.6) is 0 Å². The van der Waals surface area contributed by atoms with Gasteiger partial charge < -0.3 is 10.2 Å². The Morgan fingerprint density at radius 2 is 2.28 bits per heavy atom. The Labute approximate surface area is 111 Å². The molecule has 18 heavy (non-hydrogen) atoms. The fraction of sp³-hybridized carbons (Fsp3) is 0.667. The maximum Gasteiger partial charge on any atom is 0.0313 e. The molecule has 1 aromatic rings. The van der Waals surface area contributed by atoms with Crippen LogP contribution in [0.1, 0.15) is 31.4 Å². The van der Waals surface area contributed by atoms with Gasteiger partial charge in [0.2, 0.25) is 0 Å². The van der Waals surface area contributed by atoms with Crippen molar-refractivity contribution in [2.24, 2.45) is 5.92 Å². The molecule has 3 heteroatoms. The van der Waals surface area contributed by atoms with Crippen LogP contribution >= 0.6 is 0 Å². The quantitative estimate of drug-likeness (QED) is 0.864. The fourth-order valence-corrected chi connectivity index (χ4v) is 2.63. The zero-order valence-electron chi connectivity index (χ0n) is 11.8. The molecule has 0 radical (unpaired) electrons. The summed E-state index contributed by atoms with van der Waals surface area (Å²) >= 11 is 0. The number of aryl methyl sites for hydroxylation is 1. The van der Waals surface area contributed by atoms with Gasteiger partial charge in [-0.1, -0.05) is 6.07 Å². The normalized spacial score (nSPS) is 20.8. The molecule has 100 valence electrons. The number of nitrogens with zero attached hydrogens (tertiary/aromatic N) is 2. The number of nitrogens with one attached hydrogen (secondary N) is 1. The lowest BCUT2D eigenvalue weighted by atomic mass is 10.1. The summed E-state index contributed by atoms with van der Waals surface area (Å²) in [5.74, 6) is 0.810. The lowest BCUT2D eigenvalue weighted by Crippen LogP contribution is -2.30. The summed E-state index contributed by atoms with van der Waals surface area (Å²) < 4.78 is 0. The summed E-state index contributed by atoms with van der Waals surface area (Å²) in [5, 5.41) is 3.56. The molecule has 1 saturated heterocycles. The number of rotatable bonds is 5. The van der Waals surface area contributed by atoms with Crippen LogP contribution in [-0.4, -0.2) is 35.6 Å². The Bertz CT molecular complexity index is 376. The molecule has 0 amide bonds. The van der Waals surface area contributed by atoms with Crippen LogP contribution in [-0.2, 0) is 6.54 Å². The van der Waals surface area contributed by atoms with Crippen molar-refractivity contribution >= 4 is 0 Å². The highest BCUT2D eigenvalue weighted by Crippen LogP contribution is 2.17. The molecule has 2 rings (SSSR count). The minimum absolute atomic E-state index is 0.691. The third kappa shape index (κ3) is 3.79. The average molecular weight is 247 g/mol. The second kappa shape index (κ2) is 6.30. The van der Waals surface area contributed by atoms with Gasteiger partial charge in [-0.25, -0.2) is 0 Å². The first-order chi connectivity index (χ1) is 8.65. The molecule has 0 aliphatic carbocycles. The van der Waals surface area contributed by atoms with Gasteiger partial charge in [0.25, 0.3) is 0 Å². The summed E-state index contributed by atoms with van der Waals surface area (Å²) in [6.45, 7) is 11.2. The largest absolute Gasteiger partial charge is 0.312 e. The second-order valence-electron chi connectivity index (χ2n) is 5.74. The summed E-state index contributed by atoms with van der Waals surface area (Å²) in [5.41, 5.74) is 2.52. The second-order valence-corrected chi connectivity index (χ2v) is 5.74. The van der Waals surface area contributed by atoms with Crippen molar-refractivity contribution in [3.8, 4) is 0 Å². The van der Waals surface area contributed by atoms with E-state index in [9.17, 15) is 0 Å². The maximum atomic E-state index is 4.22. The number of likely N-dealkylation sites (tertiary alicyclic amines) is 1. The van der Waals surface area contributed by atoms with E-state index in [0.717, 1.165) is 19.0 Å². The Hall–Kier alpha value is -0.930. The van der Waals surface area contributed by atoms with Crippen molar-refractivity contribution in [1.29, 1.82) is 0 Å². The molecule has 0 aromatic carbocycles. The molecule has 0 spiro atoms. The Balaban J connectivity index is 1.70. The van der Waals surface area contributed by atoms with E-state index in [2.05, 4.69) is 42.0 Å². The zero-order chi connectivity index (χ0) is 13.0. The molecule has 0 saturated carbocycles. The average Bonchev–Trinajstić information content (AvgIpc) is 2.78. The topological polar surface area (TPSA) is 28.2 Å². The molecule has 1 aliphatic heterocycles. The first-order valence-electron chi connectivity index (χ1n) is 7.00. The van der Waals surface area contributed by atoms with Crippen molar-refractivity contribution in [3.63, 3.8) is 0 Å². The Morgan fingerprint density at radius 1 is 1.44 bits per heavy atom. The third-order valence-corrected chi connectivity index (χ3v) is 3.74. The minimum atomic E-state index is 0.691. The van der Waals surface area contributed by atoms with Crippen molar-refractivity contribution in [1.82, 2.24) is 15.2 Å². The van der Waals surface area contributed by atoms with E-state index in [1.54, 1.807) is 0 Å². The van der Waals surface area contributed by atoms with Gasteiger partial charge in [0.05, 0.1) is 0 Å². The molecule has 1 atom stereocenters. The molecule has 1 fully saturated rings. The molecule has 1 aliphatic rings. The summed E-state index contributed by atoms with van der Waals surface area (Å²) in [7, 11) is 0. The number of pyridine rings is 1. The van der Waals surface area contributed by atoms with Gasteiger partial charge in [-0.05, 0) is 57.3 Å². The molecule has 0 bridgehead atoms. The standard InChI is InChI=1S/C15H25N3/c1-12(2)18-5-4-14(11-18)8-17-10-15-6-13(3)7-16-9-15/h6-7,9,12,14,17H,4-5,8,10-11H2,1-3H3. The minimum Gasteiger partial charge on any atom is -0.312 e. The molecule has 1 unspecified atom stereocenters. The third-order valence-electron chi connectivity index (χ3n) is 3.74. The fourth-order valence-electron chi connectivity index (χ4n) is 2.63. The van der Waals surface area contributed by atoms with Crippen molar-refractivity contribution in [2.45, 2.75) is 39.8 Å². The van der Waals surface area contributed by atoms with Crippen molar-refractivity contribution in [3.05, 3.63) is 29.6 Å². The molecule has 1 N–H and O–H groups in total. The van der Waals surface area contributed by atoms with Crippen LogP contribution in [0.15, 0.2) is 18.5 Å². The van der Waals surface area contributed by atoms with E-state index in [1.807, 2.05) is 12.4 Å². The summed E-state index contributed by atoms with van der Waals surface area (Å²) in [6.07, 6.45) is 5.19. The summed E-state index contributed by atoms with van der Waals surface area (Å²) in [4.78, 5) is 6.79. The van der Waals surface area contributed by atoms with Gasteiger partial charge in [0.1, 0.15) is 0 Å².